The van der Waals surface area contributed by atoms with Crippen molar-refractivity contribution in [1.82, 2.24) is 5.32 Å². The van der Waals surface area contributed by atoms with Crippen LogP contribution in [0, 0.1) is 20.2 Å². The first-order valence-corrected chi connectivity index (χ1v) is 13.4. The smallest absolute Gasteiger partial charge is 0.303 e. The highest BCUT2D eigenvalue weighted by atomic mass is 16.6. The van der Waals surface area contributed by atoms with Crippen LogP contribution in [0.5, 0.6) is 0 Å². The zero-order valence-corrected chi connectivity index (χ0v) is 23.5. The van der Waals surface area contributed by atoms with Crippen LogP contribution in [0.2, 0.25) is 0 Å². The summed E-state index contributed by atoms with van der Waals surface area (Å²) in [4.78, 5) is 42.2. The molecule has 17 heteroatoms. The van der Waals surface area contributed by atoms with Crippen LogP contribution in [0.4, 0.5) is 17.1 Å². The molecule has 3 N–H and O–H groups in total. The van der Waals surface area contributed by atoms with E-state index in [4.69, 9.17) is 33.5 Å². The summed E-state index contributed by atoms with van der Waals surface area (Å²) in [5.74, 6) is -1.28. The number of hydrogen-bond acceptors (Lipinski definition) is 13. The molecule has 238 valence electrons. The highest BCUT2D eigenvalue weighted by Gasteiger charge is 2.19. The number of anilines is 1. The Morgan fingerprint density at radius 2 is 1.19 bits per heavy atom. The molecule has 0 saturated carbocycles. The average molecular weight is 605 g/mol. The number of carbonyl (C=O) groups is 2. The summed E-state index contributed by atoms with van der Waals surface area (Å²) in [6.07, 6.45) is 0.420. The van der Waals surface area contributed by atoms with Crippen LogP contribution < -0.4 is 10.6 Å². The van der Waals surface area contributed by atoms with Gasteiger partial charge in [0.25, 0.3) is 11.4 Å². The molecule has 0 fully saturated rings. The van der Waals surface area contributed by atoms with Gasteiger partial charge in [-0.25, -0.2) is 0 Å². The van der Waals surface area contributed by atoms with E-state index in [2.05, 4.69) is 10.6 Å². The standard InChI is InChI=1S/C25H40N4O13/c30-24(4-5-25(31)32)27-6-1-8-37-10-12-39-14-16-41-18-19-42-17-15-40-13-11-38-9-7-26-22-3-2-21(28(33)34)20-23(22)29(35)36/h2-3,20,26H,1,4-19H2,(H,27,30)(H,31,32). The van der Waals surface area contributed by atoms with Gasteiger partial charge in [0, 0.05) is 32.2 Å². The number of rotatable bonds is 28. The second-order valence-electron chi connectivity index (χ2n) is 8.41. The molecule has 0 radical (unpaired) electrons. The Morgan fingerprint density at radius 1 is 0.690 bits per heavy atom. The van der Waals surface area contributed by atoms with Crippen molar-refractivity contribution < 1.29 is 53.0 Å². The molecular formula is C25H40N4O13. The van der Waals surface area contributed by atoms with Gasteiger partial charge in [-0.05, 0) is 12.5 Å². The molecule has 0 unspecified atom stereocenters. The van der Waals surface area contributed by atoms with Crippen molar-refractivity contribution in [2.45, 2.75) is 19.3 Å². The molecule has 0 aliphatic heterocycles. The Bertz CT molecular complexity index is 936. The maximum absolute atomic E-state index is 11.3. The number of carboxylic acid groups (broad SMARTS) is 1. The molecular weight excluding hydrogens is 564 g/mol. The molecule has 0 atom stereocenters. The van der Waals surface area contributed by atoms with Crippen LogP contribution in [-0.4, -0.2) is 119 Å². The van der Waals surface area contributed by atoms with E-state index >= 15 is 0 Å². The number of amides is 1. The van der Waals surface area contributed by atoms with Gasteiger partial charge in [-0.3, -0.25) is 29.8 Å². The number of hydrogen-bond donors (Lipinski definition) is 3. The van der Waals surface area contributed by atoms with Gasteiger partial charge in [0.15, 0.2) is 0 Å². The molecule has 1 aromatic carbocycles. The van der Waals surface area contributed by atoms with Crippen molar-refractivity contribution >= 4 is 28.9 Å². The normalized spacial score (nSPS) is 10.9. The Kier molecular flexibility index (Phi) is 21.0. The SMILES string of the molecule is O=C(O)CCC(=O)NCCCOCCOCCOCCOCCOCCOCCNc1ccc([N+](=O)[O-])cc1[N+](=O)[O-]. The number of carboxylic acids is 1. The summed E-state index contributed by atoms with van der Waals surface area (Å²) < 4.78 is 32.4. The molecule has 0 bridgehead atoms. The third-order valence-corrected chi connectivity index (χ3v) is 5.16. The molecule has 0 aliphatic rings. The first-order chi connectivity index (χ1) is 20.3. The van der Waals surface area contributed by atoms with E-state index in [1.54, 1.807) is 0 Å². The van der Waals surface area contributed by atoms with Crippen LogP contribution in [0.3, 0.4) is 0 Å². The van der Waals surface area contributed by atoms with E-state index in [1.807, 2.05) is 0 Å². The van der Waals surface area contributed by atoms with Crippen molar-refractivity contribution in [3.63, 3.8) is 0 Å². The minimum Gasteiger partial charge on any atom is -0.481 e. The highest BCUT2D eigenvalue weighted by Crippen LogP contribution is 2.28. The van der Waals surface area contributed by atoms with Gasteiger partial charge in [-0.2, -0.15) is 0 Å². The predicted molar refractivity (Wildman–Crippen MR) is 148 cm³/mol. The Morgan fingerprint density at radius 3 is 1.67 bits per heavy atom. The van der Waals surface area contributed by atoms with Crippen LogP contribution in [0.15, 0.2) is 18.2 Å². The Balaban J connectivity index is 1.81. The van der Waals surface area contributed by atoms with Crippen LogP contribution >= 0.6 is 0 Å². The van der Waals surface area contributed by atoms with Crippen molar-refractivity contribution in [1.29, 1.82) is 0 Å². The molecule has 1 aromatic rings. The number of aliphatic carboxylic acids is 1. The van der Waals surface area contributed by atoms with E-state index in [0.717, 1.165) is 6.07 Å². The van der Waals surface area contributed by atoms with E-state index < -0.39 is 15.8 Å². The summed E-state index contributed by atoms with van der Waals surface area (Å²) in [6, 6.07) is 3.40. The molecule has 17 nitrogen and oxygen atoms in total. The third-order valence-electron chi connectivity index (χ3n) is 5.16. The highest BCUT2D eigenvalue weighted by molar-refractivity contribution is 5.80. The lowest BCUT2D eigenvalue weighted by molar-refractivity contribution is -0.393. The molecule has 1 amide bonds. The second-order valence-corrected chi connectivity index (χ2v) is 8.41. The number of carbonyl (C=O) groups excluding carboxylic acids is 1. The largest absolute Gasteiger partial charge is 0.481 e. The van der Waals surface area contributed by atoms with Gasteiger partial charge in [0.2, 0.25) is 5.91 Å². The van der Waals surface area contributed by atoms with E-state index in [0.29, 0.717) is 85.6 Å². The number of benzene rings is 1. The zero-order valence-electron chi connectivity index (χ0n) is 23.5. The molecule has 0 aliphatic carbocycles. The average Bonchev–Trinajstić information content (AvgIpc) is 2.96. The van der Waals surface area contributed by atoms with Crippen molar-refractivity contribution in [2.24, 2.45) is 0 Å². The maximum Gasteiger partial charge on any atom is 0.303 e. The van der Waals surface area contributed by atoms with Gasteiger partial charge >= 0.3 is 5.97 Å². The van der Waals surface area contributed by atoms with E-state index in [1.165, 1.54) is 12.1 Å². The second kappa shape index (κ2) is 24.2. The molecule has 0 heterocycles. The lowest BCUT2D eigenvalue weighted by Crippen LogP contribution is -2.25. The molecule has 42 heavy (non-hydrogen) atoms. The number of nitrogens with zero attached hydrogens (tertiary/aromatic N) is 2. The van der Waals surface area contributed by atoms with Crippen LogP contribution in [0.25, 0.3) is 0 Å². The minimum absolute atomic E-state index is 0.0275. The number of non-ortho nitro benzene ring substituents is 1. The van der Waals surface area contributed by atoms with Gasteiger partial charge in [0.1, 0.15) is 5.69 Å². The summed E-state index contributed by atoms with van der Waals surface area (Å²) in [6.45, 7) is 5.42. The van der Waals surface area contributed by atoms with Crippen molar-refractivity contribution in [3.05, 3.63) is 38.4 Å². The Hall–Kier alpha value is -3.48. The summed E-state index contributed by atoms with van der Waals surface area (Å²) in [7, 11) is 0. The minimum atomic E-state index is -0.998. The number of nitrogens with one attached hydrogen (secondary N) is 2. The van der Waals surface area contributed by atoms with Crippen molar-refractivity contribution in [3.8, 4) is 0 Å². The molecule has 0 aromatic heterocycles. The topological polar surface area (TPSA) is 220 Å². The molecule has 0 saturated heterocycles. The lowest BCUT2D eigenvalue weighted by Gasteiger charge is -2.09. The van der Waals surface area contributed by atoms with Gasteiger partial charge in [-0.15, -0.1) is 0 Å². The van der Waals surface area contributed by atoms with Crippen LogP contribution in [-0.2, 0) is 38.0 Å². The lowest BCUT2D eigenvalue weighted by atomic mass is 10.2. The quantitative estimate of drug-likeness (QED) is 0.0699. The fourth-order valence-corrected chi connectivity index (χ4v) is 3.10. The van der Waals surface area contributed by atoms with Gasteiger partial charge < -0.3 is 44.2 Å². The van der Waals surface area contributed by atoms with Crippen molar-refractivity contribution in [2.75, 3.05) is 97.7 Å². The fraction of sp³-hybridized carbons (Fsp3) is 0.680. The van der Waals surface area contributed by atoms with Gasteiger partial charge in [-0.1, -0.05) is 0 Å². The maximum atomic E-state index is 11.3. The first kappa shape index (κ1) is 36.5. The molecule has 0 spiro atoms. The monoisotopic (exact) mass is 604 g/mol. The molecule has 1 rings (SSSR count). The first-order valence-electron chi connectivity index (χ1n) is 13.4. The van der Waals surface area contributed by atoms with E-state index in [-0.39, 0.29) is 49.0 Å². The Labute approximate surface area is 243 Å². The number of nitro benzene ring substituents is 2. The third kappa shape index (κ3) is 19.6. The summed E-state index contributed by atoms with van der Waals surface area (Å²) in [5.41, 5.74) is -0.552. The number of ether oxygens (including phenoxy) is 6. The predicted octanol–water partition coefficient (Wildman–Crippen LogP) is 1.39. The fourth-order valence-electron chi connectivity index (χ4n) is 3.10. The zero-order chi connectivity index (χ0) is 30.8. The summed E-state index contributed by atoms with van der Waals surface area (Å²) >= 11 is 0. The van der Waals surface area contributed by atoms with E-state index in [9.17, 15) is 29.8 Å². The number of nitro groups is 2. The van der Waals surface area contributed by atoms with Crippen LogP contribution in [0.1, 0.15) is 19.3 Å². The van der Waals surface area contributed by atoms with Gasteiger partial charge in [0.05, 0.1) is 95.0 Å². The summed E-state index contributed by atoms with van der Waals surface area (Å²) in [5, 5.41) is 35.8.